The van der Waals surface area contributed by atoms with E-state index < -0.39 is 0 Å². The second kappa shape index (κ2) is 5.52. The van der Waals surface area contributed by atoms with Crippen LogP contribution in [0.2, 0.25) is 5.02 Å². The third kappa shape index (κ3) is 2.85. The number of hydrogen-bond donors (Lipinski definition) is 1. The summed E-state index contributed by atoms with van der Waals surface area (Å²) in [7, 11) is 0. The van der Waals surface area contributed by atoms with Gasteiger partial charge in [0.05, 0.1) is 10.7 Å². The predicted molar refractivity (Wildman–Crippen MR) is 79.2 cm³/mol. The van der Waals surface area contributed by atoms with Crippen LogP contribution < -0.4 is 10.9 Å². The number of rotatable bonds is 2. The Labute approximate surface area is 122 Å². The van der Waals surface area contributed by atoms with Crippen LogP contribution in [0.5, 0.6) is 0 Å². The lowest BCUT2D eigenvalue weighted by Gasteiger charge is -2.31. The molecule has 1 N–H and O–H groups in total. The lowest BCUT2D eigenvalue weighted by atomic mass is 10.2. The second-order valence-corrected chi connectivity index (χ2v) is 5.69. The number of piperazine rings is 1. The molecule has 1 atom stereocenters. The zero-order chi connectivity index (χ0) is 14.1. The summed E-state index contributed by atoms with van der Waals surface area (Å²) < 4.78 is 1.48. The quantitative estimate of drug-likeness (QED) is 0.902. The molecule has 106 valence electrons. The maximum Gasteiger partial charge on any atom is 0.258 e. The Hall–Kier alpha value is -1.43. The molecule has 1 saturated heterocycles. The van der Waals surface area contributed by atoms with Crippen molar-refractivity contribution in [2.75, 3.05) is 19.6 Å². The third-order valence-electron chi connectivity index (χ3n) is 3.52. The summed E-state index contributed by atoms with van der Waals surface area (Å²) in [5.41, 5.74) is 1.36. The molecule has 0 radical (unpaired) electrons. The highest BCUT2D eigenvalue weighted by atomic mass is 35.5. The van der Waals surface area contributed by atoms with Gasteiger partial charge in [-0.05, 0) is 19.1 Å². The van der Waals surface area contributed by atoms with Crippen molar-refractivity contribution in [3.63, 3.8) is 0 Å². The standard InChI is InChI=1S/C14H17ClN4O/c1-10-7-18(5-4-16-10)9-12-6-14(20)19-8-11(15)2-3-13(19)17-12/h2-3,6,8,10,16H,4-5,7,9H2,1H3/t10-/m0/s1. The Morgan fingerprint density at radius 1 is 1.50 bits per heavy atom. The highest BCUT2D eigenvalue weighted by Crippen LogP contribution is 2.10. The normalized spacial score (nSPS) is 20.4. The lowest BCUT2D eigenvalue weighted by Crippen LogP contribution is -2.48. The van der Waals surface area contributed by atoms with Crippen molar-refractivity contribution >= 4 is 17.2 Å². The van der Waals surface area contributed by atoms with E-state index in [1.807, 2.05) is 0 Å². The van der Waals surface area contributed by atoms with Crippen LogP contribution in [0.15, 0.2) is 29.2 Å². The first-order chi connectivity index (χ1) is 9.61. The molecule has 2 aromatic rings. The molecule has 5 nitrogen and oxygen atoms in total. The molecule has 0 aliphatic carbocycles. The van der Waals surface area contributed by atoms with Crippen LogP contribution in [0, 0.1) is 0 Å². The zero-order valence-electron chi connectivity index (χ0n) is 11.3. The Morgan fingerprint density at radius 2 is 2.35 bits per heavy atom. The second-order valence-electron chi connectivity index (χ2n) is 5.25. The number of fused-ring (bicyclic) bond motifs is 1. The monoisotopic (exact) mass is 292 g/mol. The zero-order valence-corrected chi connectivity index (χ0v) is 12.1. The van der Waals surface area contributed by atoms with Crippen LogP contribution >= 0.6 is 11.6 Å². The van der Waals surface area contributed by atoms with Crippen LogP contribution in [0.1, 0.15) is 12.6 Å². The molecule has 6 heteroatoms. The van der Waals surface area contributed by atoms with Crippen LogP contribution in [-0.4, -0.2) is 40.0 Å². The molecule has 20 heavy (non-hydrogen) atoms. The van der Waals surface area contributed by atoms with Gasteiger partial charge < -0.3 is 5.32 Å². The number of halogens is 1. The largest absolute Gasteiger partial charge is 0.312 e. The number of nitrogens with zero attached hydrogens (tertiary/aromatic N) is 3. The van der Waals surface area contributed by atoms with Gasteiger partial charge in [0.2, 0.25) is 0 Å². The van der Waals surface area contributed by atoms with E-state index in [1.54, 1.807) is 24.4 Å². The molecule has 1 aliphatic heterocycles. The smallest absolute Gasteiger partial charge is 0.258 e. The van der Waals surface area contributed by atoms with Crippen molar-refractivity contribution < 1.29 is 0 Å². The van der Waals surface area contributed by atoms with E-state index in [9.17, 15) is 4.79 Å². The fraction of sp³-hybridized carbons (Fsp3) is 0.429. The summed E-state index contributed by atoms with van der Waals surface area (Å²) >= 11 is 5.90. The average molecular weight is 293 g/mol. The fourth-order valence-electron chi connectivity index (χ4n) is 2.59. The molecule has 2 aromatic heterocycles. The van der Waals surface area contributed by atoms with Gasteiger partial charge in [-0.3, -0.25) is 14.1 Å². The van der Waals surface area contributed by atoms with Crippen LogP contribution in [0.25, 0.3) is 5.65 Å². The van der Waals surface area contributed by atoms with E-state index in [0.717, 1.165) is 25.3 Å². The van der Waals surface area contributed by atoms with Crippen molar-refractivity contribution in [2.45, 2.75) is 19.5 Å². The number of aromatic nitrogens is 2. The molecule has 3 heterocycles. The molecule has 0 unspecified atom stereocenters. The molecule has 0 amide bonds. The predicted octanol–water partition coefficient (Wildman–Crippen LogP) is 1.14. The number of pyridine rings is 1. The van der Waals surface area contributed by atoms with Crippen molar-refractivity contribution in [3.05, 3.63) is 45.5 Å². The molecule has 1 aliphatic rings. The molecule has 0 bridgehead atoms. The SMILES string of the molecule is C[C@H]1CN(Cc2cc(=O)n3cc(Cl)ccc3n2)CCN1. The van der Waals surface area contributed by atoms with Crippen LogP contribution in [0.4, 0.5) is 0 Å². The first-order valence-electron chi connectivity index (χ1n) is 6.75. The third-order valence-corrected chi connectivity index (χ3v) is 3.74. The van der Waals surface area contributed by atoms with Crippen molar-refractivity contribution in [1.82, 2.24) is 19.6 Å². The summed E-state index contributed by atoms with van der Waals surface area (Å²) in [6.07, 6.45) is 1.60. The van der Waals surface area contributed by atoms with Crippen molar-refractivity contribution in [2.24, 2.45) is 0 Å². The molecular weight excluding hydrogens is 276 g/mol. The fourth-order valence-corrected chi connectivity index (χ4v) is 2.75. The summed E-state index contributed by atoms with van der Waals surface area (Å²) in [5, 5.41) is 3.93. The molecule has 3 rings (SSSR count). The van der Waals surface area contributed by atoms with Crippen molar-refractivity contribution in [3.8, 4) is 0 Å². The van der Waals surface area contributed by atoms with E-state index >= 15 is 0 Å². The van der Waals surface area contributed by atoms with Gasteiger partial charge in [-0.1, -0.05) is 11.6 Å². The number of nitrogens with one attached hydrogen (secondary N) is 1. The minimum atomic E-state index is -0.0873. The summed E-state index contributed by atoms with van der Waals surface area (Å²) in [6.45, 7) is 5.80. The van der Waals surface area contributed by atoms with Gasteiger partial charge in [-0.2, -0.15) is 0 Å². The Kier molecular flexibility index (Phi) is 3.74. The molecule has 1 fully saturated rings. The van der Waals surface area contributed by atoms with Gasteiger partial charge in [-0.25, -0.2) is 4.98 Å². The van der Waals surface area contributed by atoms with Gasteiger partial charge in [0.15, 0.2) is 0 Å². The topological polar surface area (TPSA) is 49.6 Å². The molecular formula is C14H17ClN4O. The highest BCUT2D eigenvalue weighted by Gasteiger charge is 2.16. The molecule has 0 aromatic carbocycles. The summed E-state index contributed by atoms with van der Waals surface area (Å²) in [5.74, 6) is 0. The average Bonchev–Trinajstić information content (AvgIpc) is 2.40. The van der Waals surface area contributed by atoms with E-state index in [-0.39, 0.29) is 5.56 Å². The lowest BCUT2D eigenvalue weighted by molar-refractivity contribution is 0.197. The minimum Gasteiger partial charge on any atom is -0.312 e. The van der Waals surface area contributed by atoms with E-state index in [2.05, 4.69) is 22.1 Å². The summed E-state index contributed by atoms with van der Waals surface area (Å²) in [4.78, 5) is 18.9. The minimum absolute atomic E-state index is 0.0873. The van der Waals surface area contributed by atoms with Gasteiger partial charge in [-0.15, -0.1) is 0 Å². The summed E-state index contributed by atoms with van der Waals surface area (Å²) in [6, 6.07) is 5.59. The molecule has 0 spiro atoms. The Morgan fingerprint density at radius 3 is 3.15 bits per heavy atom. The maximum absolute atomic E-state index is 12.1. The highest BCUT2D eigenvalue weighted by molar-refractivity contribution is 6.30. The van der Waals surface area contributed by atoms with Gasteiger partial charge >= 0.3 is 0 Å². The van der Waals surface area contributed by atoms with Gasteiger partial charge in [0.25, 0.3) is 5.56 Å². The first kappa shape index (κ1) is 13.5. The van der Waals surface area contributed by atoms with Crippen molar-refractivity contribution in [1.29, 1.82) is 0 Å². The van der Waals surface area contributed by atoms with E-state index in [4.69, 9.17) is 11.6 Å². The number of hydrogen-bond acceptors (Lipinski definition) is 4. The first-order valence-corrected chi connectivity index (χ1v) is 7.13. The van der Waals surface area contributed by atoms with Gasteiger partial charge in [0.1, 0.15) is 5.65 Å². The maximum atomic E-state index is 12.1. The van der Waals surface area contributed by atoms with Crippen LogP contribution in [-0.2, 0) is 6.54 Å². The van der Waals surface area contributed by atoms with Gasteiger partial charge in [0, 0.05) is 44.5 Å². The van der Waals surface area contributed by atoms with E-state index in [1.165, 1.54) is 4.40 Å². The Bertz CT molecular complexity index is 684. The Balaban J connectivity index is 1.89. The molecule has 0 saturated carbocycles. The van der Waals surface area contributed by atoms with E-state index in [0.29, 0.717) is 23.3 Å². The van der Waals surface area contributed by atoms with Crippen LogP contribution in [0.3, 0.4) is 0 Å².